The van der Waals surface area contributed by atoms with Crippen molar-refractivity contribution < 1.29 is 14.0 Å². The van der Waals surface area contributed by atoms with Gasteiger partial charge >= 0.3 is 0 Å². The van der Waals surface area contributed by atoms with Crippen molar-refractivity contribution in [1.82, 2.24) is 9.80 Å². The van der Waals surface area contributed by atoms with Gasteiger partial charge in [-0.15, -0.1) is 0 Å². The highest BCUT2D eigenvalue weighted by atomic mass is 19.1. The smallest absolute Gasteiger partial charge is 0.257 e. The van der Waals surface area contributed by atoms with Gasteiger partial charge in [0.2, 0.25) is 0 Å². The zero-order chi connectivity index (χ0) is 23.3. The third kappa shape index (κ3) is 5.44. The molecule has 0 spiro atoms. The molecule has 5 heteroatoms. The average molecular weight is 439 g/mol. The topological polar surface area (TPSA) is 40.6 Å². The highest BCUT2D eigenvalue weighted by Crippen LogP contribution is 2.25. The Labute approximate surface area is 191 Å². The van der Waals surface area contributed by atoms with Gasteiger partial charge in [-0.3, -0.25) is 14.5 Å². The van der Waals surface area contributed by atoms with E-state index in [1.807, 2.05) is 32.9 Å². The highest BCUT2D eigenvalue weighted by molar-refractivity contribution is 5.97. The van der Waals surface area contributed by atoms with E-state index in [-0.39, 0.29) is 23.3 Å². The van der Waals surface area contributed by atoms with Crippen LogP contribution in [0.5, 0.6) is 0 Å². The van der Waals surface area contributed by atoms with Gasteiger partial charge in [0.25, 0.3) is 5.91 Å². The Balaban J connectivity index is 1.74. The lowest BCUT2D eigenvalue weighted by molar-refractivity contribution is 0.0651. The first-order valence-electron chi connectivity index (χ1n) is 11.8. The van der Waals surface area contributed by atoms with Crippen molar-refractivity contribution in [1.29, 1.82) is 0 Å². The summed E-state index contributed by atoms with van der Waals surface area (Å²) in [5, 5.41) is 0. The maximum atomic E-state index is 15.0. The Hall–Kier alpha value is -2.53. The molecule has 0 aliphatic carbocycles. The largest absolute Gasteiger partial charge is 0.335 e. The summed E-state index contributed by atoms with van der Waals surface area (Å²) in [6.45, 7) is 10.6. The van der Waals surface area contributed by atoms with E-state index in [4.69, 9.17) is 0 Å². The van der Waals surface area contributed by atoms with Gasteiger partial charge in [0.05, 0.1) is 5.56 Å². The molecule has 1 fully saturated rings. The molecule has 172 valence electrons. The van der Waals surface area contributed by atoms with Gasteiger partial charge in [-0.25, -0.2) is 4.39 Å². The summed E-state index contributed by atoms with van der Waals surface area (Å²) < 4.78 is 15.0. The van der Waals surface area contributed by atoms with Gasteiger partial charge in [0.1, 0.15) is 5.82 Å². The van der Waals surface area contributed by atoms with Crippen molar-refractivity contribution >= 4 is 11.7 Å². The van der Waals surface area contributed by atoms with Crippen LogP contribution in [0, 0.1) is 5.82 Å². The van der Waals surface area contributed by atoms with E-state index in [0.29, 0.717) is 30.1 Å². The summed E-state index contributed by atoms with van der Waals surface area (Å²) in [7, 11) is 0. The Morgan fingerprint density at radius 1 is 1.12 bits per heavy atom. The van der Waals surface area contributed by atoms with Crippen molar-refractivity contribution in [3.63, 3.8) is 0 Å². The predicted molar refractivity (Wildman–Crippen MR) is 128 cm³/mol. The molecule has 0 saturated carbocycles. The van der Waals surface area contributed by atoms with E-state index in [2.05, 4.69) is 11.8 Å². The van der Waals surface area contributed by atoms with Crippen molar-refractivity contribution in [2.45, 2.75) is 65.5 Å². The number of likely N-dealkylation sites (N-methyl/N-ethyl adjacent to an activating group) is 1. The molecule has 0 N–H and O–H groups in total. The van der Waals surface area contributed by atoms with Gasteiger partial charge in [-0.05, 0) is 69.8 Å². The molecule has 2 atom stereocenters. The number of hydrogen-bond acceptors (Lipinski definition) is 3. The van der Waals surface area contributed by atoms with E-state index >= 15 is 4.39 Å². The SMILES string of the molecule is CCCC(=O)c1ccc(-c2ccc(C(=O)N(CC)C(C)CN3CCCC3C)c(F)c2)cc1. The molecular weight excluding hydrogens is 403 g/mol. The third-order valence-electron chi connectivity index (χ3n) is 6.54. The number of benzene rings is 2. The average Bonchev–Trinajstić information content (AvgIpc) is 3.18. The lowest BCUT2D eigenvalue weighted by atomic mass is 9.99. The fraction of sp³-hybridized carbons (Fsp3) is 0.481. The standard InChI is InChI=1S/C27H35FN2O2/c1-5-8-26(31)22-12-10-21(11-13-22)23-14-15-24(25(28)17-23)27(32)30(6-2)20(4)18-29-16-7-9-19(29)3/h10-15,17,19-20H,5-9,16,18H2,1-4H3. The molecule has 4 nitrogen and oxygen atoms in total. The summed E-state index contributed by atoms with van der Waals surface area (Å²) in [5.41, 5.74) is 2.28. The van der Waals surface area contributed by atoms with Crippen molar-refractivity contribution in [3.05, 3.63) is 59.4 Å². The molecule has 1 amide bonds. The number of halogens is 1. The van der Waals surface area contributed by atoms with Gasteiger partial charge in [0.15, 0.2) is 5.78 Å². The molecule has 3 rings (SSSR count). The molecule has 32 heavy (non-hydrogen) atoms. The molecular formula is C27H35FN2O2. The Kier molecular flexibility index (Phi) is 8.19. The maximum Gasteiger partial charge on any atom is 0.257 e. The van der Waals surface area contributed by atoms with Crippen LogP contribution in [0.2, 0.25) is 0 Å². The highest BCUT2D eigenvalue weighted by Gasteiger charge is 2.27. The molecule has 2 unspecified atom stereocenters. The number of Topliss-reactive ketones (excluding diaryl/α,β-unsaturated/α-hetero) is 1. The molecule has 1 aliphatic rings. The second-order valence-electron chi connectivity index (χ2n) is 8.87. The molecule has 1 aliphatic heterocycles. The first kappa shape index (κ1) is 24.1. The summed E-state index contributed by atoms with van der Waals surface area (Å²) >= 11 is 0. The number of ketones is 1. The van der Waals surface area contributed by atoms with E-state index in [9.17, 15) is 9.59 Å². The van der Waals surface area contributed by atoms with Gasteiger partial charge in [-0.2, -0.15) is 0 Å². The third-order valence-corrected chi connectivity index (χ3v) is 6.54. The number of amides is 1. The summed E-state index contributed by atoms with van der Waals surface area (Å²) in [5.74, 6) is -0.668. The first-order chi connectivity index (χ1) is 15.3. The molecule has 0 aromatic heterocycles. The number of carbonyl (C=O) groups excluding carboxylic acids is 2. The quantitative estimate of drug-likeness (QED) is 0.464. The second-order valence-corrected chi connectivity index (χ2v) is 8.87. The van der Waals surface area contributed by atoms with Crippen molar-refractivity contribution in [3.8, 4) is 11.1 Å². The van der Waals surface area contributed by atoms with E-state index < -0.39 is 5.82 Å². The number of rotatable bonds is 9. The number of carbonyl (C=O) groups is 2. The van der Waals surface area contributed by atoms with Crippen molar-refractivity contribution in [2.75, 3.05) is 19.6 Å². The fourth-order valence-corrected chi connectivity index (χ4v) is 4.60. The van der Waals surface area contributed by atoms with Gasteiger partial charge < -0.3 is 4.90 Å². The van der Waals surface area contributed by atoms with Gasteiger partial charge in [-0.1, -0.05) is 37.3 Å². The van der Waals surface area contributed by atoms with Crippen LogP contribution in [0.3, 0.4) is 0 Å². The van der Waals surface area contributed by atoms with Crippen LogP contribution in [0.1, 0.15) is 74.1 Å². The van der Waals surface area contributed by atoms with Crippen LogP contribution in [-0.2, 0) is 0 Å². The van der Waals surface area contributed by atoms with Crippen LogP contribution in [-0.4, -0.2) is 53.2 Å². The normalized spacial score (nSPS) is 17.3. The molecule has 0 radical (unpaired) electrons. The Morgan fingerprint density at radius 2 is 1.81 bits per heavy atom. The van der Waals surface area contributed by atoms with Crippen LogP contribution in [0.25, 0.3) is 11.1 Å². The molecule has 2 aromatic carbocycles. The lowest BCUT2D eigenvalue weighted by Gasteiger charge is -2.33. The van der Waals surface area contributed by atoms with Crippen molar-refractivity contribution in [2.24, 2.45) is 0 Å². The molecule has 1 heterocycles. The summed E-state index contributed by atoms with van der Waals surface area (Å²) in [4.78, 5) is 29.4. The minimum absolute atomic E-state index is 0.0142. The Bertz CT molecular complexity index is 941. The predicted octanol–water partition coefficient (Wildman–Crippen LogP) is 5.81. The fourth-order valence-electron chi connectivity index (χ4n) is 4.60. The monoisotopic (exact) mass is 438 g/mol. The zero-order valence-corrected chi connectivity index (χ0v) is 19.7. The number of nitrogens with zero attached hydrogens (tertiary/aromatic N) is 2. The maximum absolute atomic E-state index is 15.0. The Morgan fingerprint density at radius 3 is 2.38 bits per heavy atom. The second kappa shape index (κ2) is 10.9. The van der Waals surface area contributed by atoms with E-state index in [1.165, 1.54) is 18.9 Å². The van der Waals surface area contributed by atoms with Crippen LogP contribution in [0.4, 0.5) is 4.39 Å². The minimum Gasteiger partial charge on any atom is -0.335 e. The van der Waals surface area contributed by atoms with Gasteiger partial charge in [0, 0.05) is 37.2 Å². The minimum atomic E-state index is -0.515. The van der Waals surface area contributed by atoms with Crippen LogP contribution >= 0.6 is 0 Å². The van der Waals surface area contributed by atoms with Crippen LogP contribution in [0.15, 0.2) is 42.5 Å². The van der Waals surface area contributed by atoms with E-state index in [0.717, 1.165) is 25.1 Å². The van der Waals surface area contributed by atoms with Crippen LogP contribution < -0.4 is 0 Å². The molecule has 2 aromatic rings. The lowest BCUT2D eigenvalue weighted by Crippen LogP contribution is -2.46. The molecule has 1 saturated heterocycles. The zero-order valence-electron chi connectivity index (χ0n) is 19.7. The number of hydrogen-bond donors (Lipinski definition) is 0. The summed E-state index contributed by atoms with van der Waals surface area (Å²) in [6, 6.07) is 12.5. The molecule has 0 bridgehead atoms. The summed E-state index contributed by atoms with van der Waals surface area (Å²) in [6.07, 6.45) is 3.72. The van der Waals surface area contributed by atoms with E-state index in [1.54, 1.807) is 29.2 Å². The number of likely N-dealkylation sites (tertiary alicyclic amines) is 1. The first-order valence-corrected chi connectivity index (χ1v) is 11.8.